The molecule has 3 rings (SSSR count). The first-order valence-electron chi connectivity index (χ1n) is 8.82. The van der Waals surface area contributed by atoms with Crippen molar-refractivity contribution in [3.63, 3.8) is 0 Å². The summed E-state index contributed by atoms with van der Waals surface area (Å²) in [5.41, 5.74) is 2.67. The van der Waals surface area contributed by atoms with Gasteiger partial charge in [-0.2, -0.15) is 5.10 Å². The average molecular weight is 325 g/mol. The number of nitrogens with zero attached hydrogens (tertiary/aromatic N) is 4. The predicted octanol–water partition coefficient (Wildman–Crippen LogP) is 2.42. The molecule has 128 valence electrons. The topological polar surface area (TPSA) is 45.5 Å². The molecule has 0 radical (unpaired) electrons. The highest BCUT2D eigenvalue weighted by Crippen LogP contribution is 2.26. The van der Waals surface area contributed by atoms with E-state index in [1.165, 1.54) is 17.5 Å². The van der Waals surface area contributed by atoms with Gasteiger partial charge in [0.05, 0.1) is 6.20 Å². The molecule has 1 unspecified atom stereocenters. The second-order valence-electron chi connectivity index (χ2n) is 6.35. The molecule has 0 bridgehead atoms. The second kappa shape index (κ2) is 7.99. The lowest BCUT2D eigenvalue weighted by Gasteiger charge is -2.21. The van der Waals surface area contributed by atoms with Crippen LogP contribution in [0.3, 0.4) is 0 Å². The van der Waals surface area contributed by atoms with E-state index in [-0.39, 0.29) is 0 Å². The normalized spacial score (nSPS) is 18.2. The molecule has 0 amide bonds. The molecular weight excluding hydrogens is 298 g/mol. The van der Waals surface area contributed by atoms with E-state index in [1.807, 2.05) is 17.9 Å². The largest absolute Gasteiger partial charge is 0.357 e. The van der Waals surface area contributed by atoms with E-state index in [9.17, 15) is 0 Å². The Hall–Kier alpha value is -2.30. The van der Waals surface area contributed by atoms with E-state index in [1.54, 1.807) is 0 Å². The zero-order valence-corrected chi connectivity index (χ0v) is 14.7. The summed E-state index contributed by atoms with van der Waals surface area (Å²) in [7, 11) is 1.95. The molecule has 0 spiro atoms. The molecule has 0 saturated carbocycles. The van der Waals surface area contributed by atoms with Crippen LogP contribution >= 0.6 is 0 Å². The number of aliphatic imine (C=N–C) groups is 1. The molecule has 1 saturated heterocycles. The third-order valence-electron chi connectivity index (χ3n) is 4.51. The summed E-state index contributed by atoms with van der Waals surface area (Å²) in [6.45, 7) is 5.93. The molecule has 2 heterocycles. The van der Waals surface area contributed by atoms with Gasteiger partial charge in [-0.25, -0.2) is 0 Å². The molecule has 1 aromatic carbocycles. The predicted molar refractivity (Wildman–Crippen MR) is 98.3 cm³/mol. The molecule has 5 nitrogen and oxygen atoms in total. The monoisotopic (exact) mass is 325 g/mol. The molecule has 24 heavy (non-hydrogen) atoms. The van der Waals surface area contributed by atoms with E-state index in [0.717, 1.165) is 38.6 Å². The van der Waals surface area contributed by atoms with Crippen LogP contribution in [0.1, 0.15) is 30.4 Å². The van der Waals surface area contributed by atoms with Crippen molar-refractivity contribution in [1.29, 1.82) is 0 Å². The summed E-state index contributed by atoms with van der Waals surface area (Å²) in [6.07, 6.45) is 6.10. The van der Waals surface area contributed by atoms with Gasteiger partial charge in [-0.1, -0.05) is 30.3 Å². The van der Waals surface area contributed by atoms with Crippen LogP contribution in [0.25, 0.3) is 0 Å². The minimum atomic E-state index is 0.605. The van der Waals surface area contributed by atoms with Crippen molar-refractivity contribution in [3.05, 3.63) is 53.9 Å². The first-order valence-corrected chi connectivity index (χ1v) is 8.82. The molecule has 2 aromatic rings. The van der Waals surface area contributed by atoms with Gasteiger partial charge in [0.2, 0.25) is 0 Å². The average Bonchev–Trinajstić information content (AvgIpc) is 3.24. The van der Waals surface area contributed by atoms with Gasteiger partial charge in [0.1, 0.15) is 0 Å². The van der Waals surface area contributed by atoms with Crippen LogP contribution in [0.5, 0.6) is 0 Å². The fraction of sp³-hybridized carbons (Fsp3) is 0.474. The SMILES string of the molecule is CCNC(=NCCc1cnn(C)c1)N1CCC(c2ccccc2)C1. The van der Waals surface area contributed by atoms with E-state index >= 15 is 0 Å². The molecule has 1 fully saturated rings. The lowest BCUT2D eigenvalue weighted by Crippen LogP contribution is -2.40. The van der Waals surface area contributed by atoms with Crippen LogP contribution in [0.2, 0.25) is 0 Å². The number of hydrogen-bond acceptors (Lipinski definition) is 2. The number of benzene rings is 1. The Balaban J connectivity index is 1.59. The fourth-order valence-electron chi connectivity index (χ4n) is 3.27. The van der Waals surface area contributed by atoms with E-state index in [4.69, 9.17) is 4.99 Å². The van der Waals surface area contributed by atoms with Crippen molar-refractivity contribution in [3.8, 4) is 0 Å². The van der Waals surface area contributed by atoms with Crippen molar-refractivity contribution < 1.29 is 0 Å². The van der Waals surface area contributed by atoms with Gasteiger partial charge in [0, 0.05) is 45.3 Å². The third-order valence-corrected chi connectivity index (χ3v) is 4.51. The number of nitrogens with one attached hydrogen (secondary N) is 1. The number of aromatic nitrogens is 2. The molecule has 5 heteroatoms. The lowest BCUT2D eigenvalue weighted by atomic mass is 9.99. The molecule has 1 aromatic heterocycles. The Morgan fingerprint density at radius 3 is 2.88 bits per heavy atom. The highest BCUT2D eigenvalue weighted by Gasteiger charge is 2.25. The highest BCUT2D eigenvalue weighted by molar-refractivity contribution is 5.80. The van der Waals surface area contributed by atoms with Crippen molar-refractivity contribution in [1.82, 2.24) is 20.0 Å². The van der Waals surface area contributed by atoms with Crippen LogP contribution in [0, 0.1) is 0 Å². The maximum absolute atomic E-state index is 4.82. The van der Waals surface area contributed by atoms with Crippen molar-refractivity contribution in [2.24, 2.45) is 12.0 Å². The fourth-order valence-corrected chi connectivity index (χ4v) is 3.27. The van der Waals surface area contributed by atoms with Crippen molar-refractivity contribution in [2.75, 3.05) is 26.2 Å². The second-order valence-corrected chi connectivity index (χ2v) is 6.35. The number of likely N-dealkylation sites (tertiary alicyclic amines) is 1. The van der Waals surface area contributed by atoms with Gasteiger partial charge in [-0.3, -0.25) is 9.67 Å². The van der Waals surface area contributed by atoms with E-state index in [2.05, 4.69) is 58.8 Å². The first-order chi connectivity index (χ1) is 11.8. The highest BCUT2D eigenvalue weighted by atomic mass is 15.3. The van der Waals surface area contributed by atoms with Gasteiger partial charge in [0.15, 0.2) is 5.96 Å². The number of hydrogen-bond donors (Lipinski definition) is 1. The maximum Gasteiger partial charge on any atom is 0.193 e. The summed E-state index contributed by atoms with van der Waals surface area (Å²) in [4.78, 5) is 7.22. The first kappa shape index (κ1) is 16.6. The molecular formula is C19H27N5. The van der Waals surface area contributed by atoms with Crippen LogP contribution in [0.4, 0.5) is 0 Å². The van der Waals surface area contributed by atoms with Gasteiger partial charge >= 0.3 is 0 Å². The van der Waals surface area contributed by atoms with Gasteiger partial charge in [0.25, 0.3) is 0 Å². The Morgan fingerprint density at radius 2 is 2.17 bits per heavy atom. The minimum Gasteiger partial charge on any atom is -0.357 e. The van der Waals surface area contributed by atoms with Gasteiger partial charge < -0.3 is 10.2 Å². The number of rotatable bonds is 5. The number of guanidine groups is 1. The van der Waals surface area contributed by atoms with Gasteiger partial charge in [-0.15, -0.1) is 0 Å². The van der Waals surface area contributed by atoms with Crippen LogP contribution < -0.4 is 5.32 Å². The Morgan fingerprint density at radius 1 is 1.33 bits per heavy atom. The lowest BCUT2D eigenvalue weighted by molar-refractivity contribution is 0.486. The maximum atomic E-state index is 4.82. The van der Waals surface area contributed by atoms with E-state index < -0.39 is 0 Å². The Kier molecular flexibility index (Phi) is 5.51. The molecule has 1 aliphatic rings. The van der Waals surface area contributed by atoms with E-state index in [0.29, 0.717) is 5.92 Å². The van der Waals surface area contributed by atoms with Crippen LogP contribution in [-0.4, -0.2) is 46.8 Å². The smallest absolute Gasteiger partial charge is 0.193 e. The Bertz CT molecular complexity index is 661. The zero-order chi connectivity index (χ0) is 16.8. The molecule has 1 atom stereocenters. The quantitative estimate of drug-likeness (QED) is 0.678. The molecule has 0 aliphatic carbocycles. The zero-order valence-electron chi connectivity index (χ0n) is 14.7. The van der Waals surface area contributed by atoms with Crippen molar-refractivity contribution >= 4 is 5.96 Å². The summed E-state index contributed by atoms with van der Waals surface area (Å²) in [6, 6.07) is 10.8. The summed E-state index contributed by atoms with van der Waals surface area (Å²) < 4.78 is 1.84. The van der Waals surface area contributed by atoms with Crippen LogP contribution in [0.15, 0.2) is 47.7 Å². The molecule has 1 N–H and O–H groups in total. The minimum absolute atomic E-state index is 0.605. The standard InChI is InChI=1S/C19H27N5/c1-3-20-19(21-11-9-16-13-22-23(2)14-16)24-12-10-18(15-24)17-7-5-4-6-8-17/h4-8,13-14,18H,3,9-12,15H2,1-2H3,(H,20,21). The summed E-state index contributed by atoms with van der Waals surface area (Å²) in [5.74, 6) is 1.65. The molecule has 1 aliphatic heterocycles. The summed E-state index contributed by atoms with van der Waals surface area (Å²) in [5, 5.41) is 7.66. The third kappa shape index (κ3) is 4.16. The number of aryl methyl sites for hydroxylation is 1. The Labute approximate surface area is 144 Å². The van der Waals surface area contributed by atoms with Gasteiger partial charge in [-0.05, 0) is 30.9 Å². The van der Waals surface area contributed by atoms with Crippen molar-refractivity contribution in [2.45, 2.75) is 25.7 Å². The summed E-state index contributed by atoms with van der Waals surface area (Å²) >= 11 is 0. The van der Waals surface area contributed by atoms with Crippen LogP contribution in [-0.2, 0) is 13.5 Å².